The van der Waals surface area contributed by atoms with Crippen molar-refractivity contribution in [3.8, 4) is 0 Å². The van der Waals surface area contributed by atoms with E-state index in [9.17, 15) is 18.4 Å². The fourth-order valence-corrected chi connectivity index (χ4v) is 5.42. The molecule has 3 fully saturated rings. The Morgan fingerprint density at radius 3 is 2.71 bits per heavy atom. The molecule has 0 saturated carbocycles. The number of aryl methyl sites for hydroxylation is 1. The second kappa shape index (κ2) is 7.51. The second-order valence-electron chi connectivity index (χ2n) is 8.98. The van der Waals surface area contributed by atoms with Gasteiger partial charge in [0.25, 0.3) is 11.8 Å². The van der Waals surface area contributed by atoms with Crippen LogP contribution in [0, 0.1) is 12.8 Å². The first-order chi connectivity index (χ1) is 14.9. The molecule has 0 bridgehead atoms. The molecule has 3 atom stereocenters. The largest absolute Gasteiger partial charge is 0.342 e. The van der Waals surface area contributed by atoms with E-state index in [1.165, 1.54) is 6.08 Å². The van der Waals surface area contributed by atoms with Gasteiger partial charge < -0.3 is 14.5 Å². The number of carbonyl (C=O) groups excluding carboxylic acids is 2. The fraction of sp³-hybridized carbons (Fsp3) is 0.522. The number of nitrogens with zero attached hydrogens (tertiary/aromatic N) is 3. The van der Waals surface area contributed by atoms with Gasteiger partial charge in [0, 0.05) is 62.8 Å². The third-order valence-electron chi connectivity index (χ3n) is 6.94. The standard InChI is InChI=1S/C23H25F2N3O3/c1-14-8-16(13-26-12-14)21(29)27-6-4-23(5-7-27)22(30)28-19(2-3-20(28)31-23)15-9-17(24)11-18(25)10-15/h8-9,11-13,15,19-20H,2-7,10H2,1H3/t15?,19-,20?/m0/s1. The minimum Gasteiger partial charge on any atom is -0.342 e. The lowest BCUT2D eigenvalue weighted by Gasteiger charge is -2.38. The lowest BCUT2D eigenvalue weighted by Crippen LogP contribution is -2.53. The Kier molecular flexibility index (Phi) is 4.92. The zero-order valence-electron chi connectivity index (χ0n) is 17.4. The molecule has 1 aliphatic carbocycles. The molecule has 2 amide bonds. The molecule has 2 unspecified atom stereocenters. The second-order valence-corrected chi connectivity index (χ2v) is 8.98. The lowest BCUT2D eigenvalue weighted by molar-refractivity contribution is -0.142. The van der Waals surface area contributed by atoms with Crippen LogP contribution in [0.4, 0.5) is 8.78 Å². The van der Waals surface area contributed by atoms with Crippen LogP contribution < -0.4 is 0 Å². The van der Waals surface area contributed by atoms with Crippen LogP contribution in [0.15, 0.2) is 42.3 Å². The highest BCUT2D eigenvalue weighted by Crippen LogP contribution is 2.46. The zero-order valence-corrected chi connectivity index (χ0v) is 17.4. The minimum absolute atomic E-state index is 0.0973. The molecule has 0 N–H and O–H groups in total. The molecule has 1 aromatic heterocycles. The summed E-state index contributed by atoms with van der Waals surface area (Å²) in [6, 6.07) is 1.54. The molecule has 6 nitrogen and oxygen atoms in total. The number of halogens is 2. The van der Waals surface area contributed by atoms with Gasteiger partial charge in [0.15, 0.2) is 5.60 Å². The maximum Gasteiger partial charge on any atom is 0.257 e. The van der Waals surface area contributed by atoms with Gasteiger partial charge in [-0.3, -0.25) is 14.6 Å². The van der Waals surface area contributed by atoms with E-state index in [0.717, 1.165) is 11.6 Å². The van der Waals surface area contributed by atoms with Gasteiger partial charge in [0.1, 0.15) is 17.9 Å². The third kappa shape index (κ3) is 3.46. The molecule has 0 aromatic carbocycles. The number of rotatable bonds is 2. The molecule has 4 aliphatic rings. The van der Waals surface area contributed by atoms with Crippen LogP contribution in [0.1, 0.15) is 48.0 Å². The summed E-state index contributed by atoms with van der Waals surface area (Å²) in [6.07, 6.45) is 7.49. The average molecular weight is 429 g/mol. The topological polar surface area (TPSA) is 62.7 Å². The van der Waals surface area contributed by atoms with Crippen molar-refractivity contribution in [2.45, 2.75) is 56.9 Å². The normalized spacial score (nSPS) is 29.8. The van der Waals surface area contributed by atoms with Crippen molar-refractivity contribution in [2.75, 3.05) is 13.1 Å². The Hall–Kier alpha value is -2.61. The maximum atomic E-state index is 13.8. The van der Waals surface area contributed by atoms with Gasteiger partial charge in [0.2, 0.25) is 0 Å². The van der Waals surface area contributed by atoms with Gasteiger partial charge in [-0.1, -0.05) is 0 Å². The van der Waals surface area contributed by atoms with Gasteiger partial charge >= 0.3 is 0 Å². The first-order valence-electron chi connectivity index (χ1n) is 10.8. The third-order valence-corrected chi connectivity index (χ3v) is 6.94. The predicted octanol–water partition coefficient (Wildman–Crippen LogP) is 3.44. The first-order valence-corrected chi connectivity index (χ1v) is 10.8. The average Bonchev–Trinajstić information content (AvgIpc) is 3.26. The molecule has 164 valence electrons. The summed E-state index contributed by atoms with van der Waals surface area (Å²) in [5, 5.41) is 0. The van der Waals surface area contributed by atoms with Crippen LogP contribution in [0.2, 0.25) is 0 Å². The van der Waals surface area contributed by atoms with E-state index in [-0.39, 0.29) is 36.4 Å². The van der Waals surface area contributed by atoms with Gasteiger partial charge in [0.05, 0.1) is 5.56 Å². The molecule has 8 heteroatoms. The molecule has 0 radical (unpaired) electrons. The van der Waals surface area contributed by atoms with Crippen molar-refractivity contribution in [3.05, 3.63) is 53.4 Å². The van der Waals surface area contributed by atoms with Crippen LogP contribution in [0.3, 0.4) is 0 Å². The number of piperidine rings is 1. The highest BCUT2D eigenvalue weighted by atomic mass is 19.1. The van der Waals surface area contributed by atoms with Crippen LogP contribution in [0.25, 0.3) is 0 Å². The fourth-order valence-electron chi connectivity index (χ4n) is 5.42. The number of fused-ring (bicyclic) bond motifs is 1. The zero-order chi connectivity index (χ0) is 21.8. The molecule has 5 rings (SSSR count). The van der Waals surface area contributed by atoms with Crippen LogP contribution in [-0.4, -0.2) is 57.6 Å². The van der Waals surface area contributed by atoms with E-state index in [4.69, 9.17) is 4.74 Å². The summed E-state index contributed by atoms with van der Waals surface area (Å²) in [5.74, 6) is -1.66. The van der Waals surface area contributed by atoms with E-state index in [1.54, 1.807) is 22.2 Å². The van der Waals surface area contributed by atoms with Crippen molar-refractivity contribution < 1.29 is 23.1 Å². The maximum absolute atomic E-state index is 13.8. The summed E-state index contributed by atoms with van der Waals surface area (Å²) in [4.78, 5) is 33.8. The van der Waals surface area contributed by atoms with Crippen LogP contribution in [-0.2, 0) is 9.53 Å². The number of hydrogen-bond donors (Lipinski definition) is 0. The summed E-state index contributed by atoms with van der Waals surface area (Å²) in [5.41, 5.74) is 0.507. The summed E-state index contributed by atoms with van der Waals surface area (Å²) < 4.78 is 33.8. The highest BCUT2D eigenvalue weighted by molar-refractivity contribution is 5.94. The van der Waals surface area contributed by atoms with Crippen molar-refractivity contribution in [1.29, 1.82) is 0 Å². The molecular weight excluding hydrogens is 404 g/mol. The highest BCUT2D eigenvalue weighted by Gasteiger charge is 2.58. The van der Waals surface area contributed by atoms with Gasteiger partial charge in [-0.15, -0.1) is 0 Å². The monoisotopic (exact) mass is 429 g/mol. The van der Waals surface area contributed by atoms with Crippen molar-refractivity contribution in [2.24, 2.45) is 5.92 Å². The van der Waals surface area contributed by atoms with Gasteiger partial charge in [-0.05, 0) is 37.5 Å². The number of amides is 2. The Morgan fingerprint density at radius 1 is 1.23 bits per heavy atom. The van der Waals surface area contributed by atoms with Crippen LogP contribution in [0.5, 0.6) is 0 Å². The van der Waals surface area contributed by atoms with E-state index >= 15 is 0 Å². The Bertz CT molecular complexity index is 984. The Labute approximate surface area is 179 Å². The Balaban J connectivity index is 1.28. The number of carbonyl (C=O) groups is 2. The molecule has 3 saturated heterocycles. The van der Waals surface area contributed by atoms with E-state index in [1.807, 2.05) is 13.0 Å². The smallest absolute Gasteiger partial charge is 0.257 e. The molecule has 1 aromatic rings. The van der Waals surface area contributed by atoms with Crippen molar-refractivity contribution in [3.63, 3.8) is 0 Å². The summed E-state index contributed by atoms with van der Waals surface area (Å²) in [6.45, 7) is 2.72. The van der Waals surface area contributed by atoms with Crippen LogP contribution >= 0.6 is 0 Å². The number of ether oxygens (including phenoxy) is 1. The molecule has 31 heavy (non-hydrogen) atoms. The summed E-state index contributed by atoms with van der Waals surface area (Å²) >= 11 is 0. The van der Waals surface area contributed by atoms with E-state index in [2.05, 4.69) is 4.98 Å². The quantitative estimate of drug-likeness (QED) is 0.723. The molecule has 1 spiro atoms. The molecular formula is C23H25F2N3O3. The molecule has 3 aliphatic heterocycles. The molecule has 4 heterocycles. The minimum atomic E-state index is -0.948. The summed E-state index contributed by atoms with van der Waals surface area (Å²) in [7, 11) is 0. The Morgan fingerprint density at radius 2 is 2.00 bits per heavy atom. The number of hydrogen-bond acceptors (Lipinski definition) is 4. The lowest BCUT2D eigenvalue weighted by atomic mass is 9.87. The SMILES string of the molecule is Cc1cncc(C(=O)N2CCC3(CC2)OC2CC[C@@H](C4C=C(F)C=C(F)C4)N2C3=O)c1. The van der Waals surface area contributed by atoms with Gasteiger partial charge in [-0.25, -0.2) is 8.78 Å². The van der Waals surface area contributed by atoms with E-state index < -0.39 is 17.3 Å². The van der Waals surface area contributed by atoms with Crippen molar-refractivity contribution >= 4 is 11.8 Å². The van der Waals surface area contributed by atoms with Gasteiger partial charge in [-0.2, -0.15) is 0 Å². The number of pyridine rings is 1. The first kappa shape index (κ1) is 20.3. The number of allylic oxidation sites excluding steroid dienone is 3. The number of aromatic nitrogens is 1. The number of likely N-dealkylation sites (tertiary alicyclic amines) is 1. The van der Waals surface area contributed by atoms with Crippen molar-refractivity contribution in [1.82, 2.24) is 14.8 Å². The van der Waals surface area contributed by atoms with E-state index in [0.29, 0.717) is 44.3 Å². The predicted molar refractivity (Wildman–Crippen MR) is 108 cm³/mol.